The fraction of sp³-hybridized carbons (Fsp3) is 0.500. The lowest BCUT2D eigenvalue weighted by Crippen LogP contribution is -2.37. The van der Waals surface area contributed by atoms with E-state index in [-0.39, 0.29) is 0 Å². The van der Waals surface area contributed by atoms with E-state index in [4.69, 9.17) is 12.2 Å². The first-order valence-corrected chi connectivity index (χ1v) is 7.23. The Bertz CT molecular complexity index is 495. The Balaban J connectivity index is 2.01. The molecule has 1 unspecified atom stereocenters. The van der Waals surface area contributed by atoms with E-state index in [9.17, 15) is 5.21 Å². The van der Waals surface area contributed by atoms with Crippen LogP contribution < -0.4 is 0 Å². The van der Waals surface area contributed by atoms with Crippen molar-refractivity contribution >= 4 is 17.3 Å². The number of likely N-dealkylation sites (tertiary alicyclic amines) is 1. The Labute approximate surface area is 124 Å². The lowest BCUT2D eigenvalue weighted by atomic mass is 10.0. The van der Waals surface area contributed by atoms with E-state index in [1.54, 1.807) is 25.3 Å². The molecule has 2 aliphatic heterocycles. The molecule has 2 aliphatic rings. The maximum atomic E-state index is 9.68. The Morgan fingerprint density at radius 2 is 2.20 bits per heavy atom. The minimum absolute atomic E-state index is 0.524. The second kappa shape index (κ2) is 6.76. The number of azo groups is 1. The summed E-state index contributed by atoms with van der Waals surface area (Å²) in [5.41, 5.74) is 1.23. The largest absolute Gasteiger partial charge is 0.346 e. The molecular weight excluding hydrogens is 272 g/mol. The van der Waals surface area contributed by atoms with Gasteiger partial charge in [-0.2, -0.15) is 5.11 Å². The number of piperidine rings is 1. The number of hydrogen-bond donors (Lipinski definition) is 1. The Morgan fingerprint density at radius 3 is 2.90 bits per heavy atom. The van der Waals surface area contributed by atoms with Crippen molar-refractivity contribution in [3.8, 4) is 0 Å². The summed E-state index contributed by atoms with van der Waals surface area (Å²) in [5.74, 6) is 0.649. The van der Waals surface area contributed by atoms with Gasteiger partial charge in [0.1, 0.15) is 0 Å². The smallest absolute Gasteiger partial charge is 0.216 e. The molecule has 108 valence electrons. The minimum Gasteiger partial charge on any atom is -0.346 e. The van der Waals surface area contributed by atoms with Crippen LogP contribution in [0.5, 0.6) is 0 Å². The average Bonchev–Trinajstić information content (AvgIpc) is 2.45. The third-order valence-electron chi connectivity index (χ3n) is 3.42. The predicted octanol–water partition coefficient (Wildman–Crippen LogP) is 3.46. The van der Waals surface area contributed by atoms with E-state index < -0.39 is 0 Å². The van der Waals surface area contributed by atoms with Gasteiger partial charge in [0.2, 0.25) is 5.11 Å². The van der Waals surface area contributed by atoms with Crippen molar-refractivity contribution in [3.63, 3.8) is 0 Å². The number of hydrogen-bond acceptors (Lipinski definition) is 4. The molecule has 0 aromatic rings. The number of allylic oxidation sites excluding steroid dienone is 4. The zero-order valence-corrected chi connectivity index (χ0v) is 12.7. The molecule has 1 N–H and O–H groups in total. The number of thiocarbonyl (C=S) groups is 1. The predicted molar refractivity (Wildman–Crippen MR) is 82.0 cm³/mol. The highest BCUT2D eigenvalue weighted by atomic mass is 32.1. The highest BCUT2D eigenvalue weighted by Crippen LogP contribution is 2.18. The van der Waals surface area contributed by atoms with E-state index in [1.165, 1.54) is 6.42 Å². The summed E-state index contributed by atoms with van der Waals surface area (Å²) in [4.78, 5) is 2.10. The van der Waals surface area contributed by atoms with Gasteiger partial charge in [-0.1, -0.05) is 13.0 Å². The van der Waals surface area contributed by atoms with Crippen LogP contribution in [-0.4, -0.2) is 33.4 Å². The molecule has 0 aromatic heterocycles. The molecule has 20 heavy (non-hydrogen) atoms. The molecule has 6 heteroatoms. The Kier molecular flexibility index (Phi) is 5.03. The van der Waals surface area contributed by atoms with Crippen molar-refractivity contribution in [2.75, 3.05) is 13.1 Å². The van der Waals surface area contributed by atoms with E-state index in [1.807, 2.05) is 6.08 Å². The van der Waals surface area contributed by atoms with Crippen LogP contribution in [0, 0.1) is 5.92 Å². The normalized spacial score (nSPS) is 25.4. The van der Waals surface area contributed by atoms with Crippen molar-refractivity contribution in [3.05, 3.63) is 35.8 Å². The van der Waals surface area contributed by atoms with Crippen molar-refractivity contribution in [2.45, 2.75) is 26.7 Å². The molecule has 1 atom stereocenters. The molecule has 2 rings (SSSR count). The summed E-state index contributed by atoms with van der Waals surface area (Å²) in [6, 6.07) is 0. The average molecular weight is 292 g/mol. The second-order valence-electron chi connectivity index (χ2n) is 5.19. The summed E-state index contributed by atoms with van der Waals surface area (Å²) in [7, 11) is 0. The van der Waals surface area contributed by atoms with Gasteiger partial charge in [-0.05, 0) is 50.1 Å². The summed E-state index contributed by atoms with van der Waals surface area (Å²) in [6.07, 6.45) is 9.31. The maximum Gasteiger partial charge on any atom is 0.216 e. The molecule has 0 radical (unpaired) electrons. The molecule has 0 aromatic carbocycles. The zero-order chi connectivity index (χ0) is 14.5. The number of hydroxylamine groups is 2. The number of rotatable bonds is 1. The van der Waals surface area contributed by atoms with Crippen LogP contribution >= 0.6 is 12.2 Å². The van der Waals surface area contributed by atoms with Gasteiger partial charge in [-0.15, -0.1) is 5.11 Å². The van der Waals surface area contributed by atoms with Gasteiger partial charge in [0.15, 0.2) is 0 Å². The van der Waals surface area contributed by atoms with Gasteiger partial charge < -0.3 is 4.90 Å². The van der Waals surface area contributed by atoms with Crippen LogP contribution in [0.4, 0.5) is 0 Å². The van der Waals surface area contributed by atoms with Crippen LogP contribution in [0.2, 0.25) is 0 Å². The summed E-state index contributed by atoms with van der Waals surface area (Å²) in [5, 5.41) is 19.5. The molecule has 0 spiro atoms. The van der Waals surface area contributed by atoms with Crippen molar-refractivity contribution in [1.82, 2.24) is 9.96 Å². The third-order valence-corrected chi connectivity index (χ3v) is 3.76. The Hall–Kier alpha value is -1.53. The minimum atomic E-state index is 0.524. The van der Waals surface area contributed by atoms with Crippen molar-refractivity contribution < 1.29 is 5.21 Å². The highest BCUT2D eigenvalue weighted by molar-refractivity contribution is 7.80. The second-order valence-corrected chi connectivity index (χ2v) is 5.56. The van der Waals surface area contributed by atoms with E-state index in [0.717, 1.165) is 24.6 Å². The summed E-state index contributed by atoms with van der Waals surface area (Å²) < 4.78 is 0. The van der Waals surface area contributed by atoms with Gasteiger partial charge >= 0.3 is 0 Å². The molecule has 0 aliphatic carbocycles. The number of nitrogens with zero attached hydrogens (tertiary/aromatic N) is 4. The fourth-order valence-electron chi connectivity index (χ4n) is 2.32. The Morgan fingerprint density at radius 1 is 1.40 bits per heavy atom. The maximum absolute atomic E-state index is 9.68. The molecule has 0 amide bonds. The zero-order valence-electron chi connectivity index (χ0n) is 11.9. The van der Waals surface area contributed by atoms with Gasteiger partial charge in [0.05, 0.1) is 11.4 Å². The third kappa shape index (κ3) is 3.74. The van der Waals surface area contributed by atoms with Gasteiger partial charge in [0, 0.05) is 19.3 Å². The fourth-order valence-corrected chi connectivity index (χ4v) is 2.52. The SMILES string of the molecule is CC(N=NC(=S)N1CCCC(C)C1)=C1C=CC=CN1O. The summed E-state index contributed by atoms with van der Waals surface area (Å²) >= 11 is 5.31. The lowest BCUT2D eigenvalue weighted by Gasteiger charge is -2.30. The first-order chi connectivity index (χ1) is 9.58. The van der Waals surface area contributed by atoms with Crippen LogP contribution in [-0.2, 0) is 0 Å². The molecular formula is C14H20N4OS. The quantitative estimate of drug-likeness (QED) is 0.594. The van der Waals surface area contributed by atoms with E-state index in [0.29, 0.717) is 22.4 Å². The van der Waals surface area contributed by atoms with E-state index in [2.05, 4.69) is 22.1 Å². The topological polar surface area (TPSA) is 51.4 Å². The first kappa shape index (κ1) is 14.9. The highest BCUT2D eigenvalue weighted by Gasteiger charge is 2.18. The van der Waals surface area contributed by atoms with Gasteiger partial charge in [-0.25, -0.2) is 5.06 Å². The summed E-state index contributed by atoms with van der Waals surface area (Å²) in [6.45, 7) is 5.92. The van der Waals surface area contributed by atoms with Crippen molar-refractivity contribution in [2.24, 2.45) is 16.1 Å². The van der Waals surface area contributed by atoms with Gasteiger partial charge in [-0.3, -0.25) is 5.21 Å². The van der Waals surface area contributed by atoms with E-state index >= 15 is 0 Å². The monoisotopic (exact) mass is 292 g/mol. The lowest BCUT2D eigenvalue weighted by molar-refractivity contribution is -0.00149. The van der Waals surface area contributed by atoms with Crippen LogP contribution in [0.3, 0.4) is 0 Å². The molecule has 0 bridgehead atoms. The molecule has 1 saturated heterocycles. The van der Waals surface area contributed by atoms with Crippen LogP contribution in [0.15, 0.2) is 46.1 Å². The molecule has 0 saturated carbocycles. The van der Waals surface area contributed by atoms with Crippen molar-refractivity contribution in [1.29, 1.82) is 0 Å². The molecule has 5 nitrogen and oxygen atoms in total. The molecule has 2 heterocycles. The van der Waals surface area contributed by atoms with Crippen LogP contribution in [0.25, 0.3) is 0 Å². The van der Waals surface area contributed by atoms with Crippen LogP contribution in [0.1, 0.15) is 26.7 Å². The molecule has 1 fully saturated rings. The first-order valence-electron chi connectivity index (χ1n) is 6.82. The standard InChI is InChI=1S/C14H20N4OS/c1-11-6-5-8-17(10-11)14(20)16-15-12(2)13-7-3-4-9-18(13)19/h3-4,7,9,11,19H,5-6,8,10H2,1-2H3. The van der Waals surface area contributed by atoms with Gasteiger partial charge in [0.25, 0.3) is 0 Å².